The molecule has 0 saturated carbocycles. The minimum Gasteiger partial charge on any atom is -0.344 e. The van der Waals surface area contributed by atoms with Gasteiger partial charge in [-0.3, -0.25) is 4.79 Å². The van der Waals surface area contributed by atoms with Gasteiger partial charge in [-0.25, -0.2) is 4.98 Å². The van der Waals surface area contributed by atoms with Crippen molar-refractivity contribution >= 4 is 5.91 Å². The van der Waals surface area contributed by atoms with Crippen LogP contribution in [-0.4, -0.2) is 15.9 Å². The quantitative estimate of drug-likeness (QED) is 0.879. The maximum atomic E-state index is 12.1. The van der Waals surface area contributed by atoms with E-state index in [9.17, 15) is 4.79 Å². The lowest BCUT2D eigenvalue weighted by Crippen LogP contribution is -2.28. The molecule has 0 radical (unpaired) electrons. The summed E-state index contributed by atoms with van der Waals surface area (Å²) in [5.41, 5.74) is 1.68. The van der Waals surface area contributed by atoms with E-state index in [4.69, 9.17) is 5.26 Å². The van der Waals surface area contributed by atoms with Crippen LogP contribution in [-0.2, 0) is 0 Å². The van der Waals surface area contributed by atoms with Crippen molar-refractivity contribution in [3.8, 4) is 6.07 Å². The largest absolute Gasteiger partial charge is 0.344 e. The van der Waals surface area contributed by atoms with Gasteiger partial charge in [0.25, 0.3) is 5.91 Å². The zero-order valence-electron chi connectivity index (χ0n) is 10.8. The van der Waals surface area contributed by atoms with E-state index in [0.717, 1.165) is 5.69 Å². The number of imidazole rings is 1. The van der Waals surface area contributed by atoms with Gasteiger partial charge in [0, 0.05) is 11.9 Å². The number of hydrogen-bond acceptors (Lipinski definition) is 3. The molecule has 0 saturated heterocycles. The molecule has 96 valence electrons. The van der Waals surface area contributed by atoms with Crippen molar-refractivity contribution in [3.63, 3.8) is 0 Å². The van der Waals surface area contributed by atoms with Gasteiger partial charge in [-0.1, -0.05) is 12.1 Å². The Hall–Kier alpha value is -2.61. The van der Waals surface area contributed by atoms with Crippen LogP contribution < -0.4 is 5.32 Å². The van der Waals surface area contributed by atoms with E-state index < -0.39 is 0 Å². The third kappa shape index (κ3) is 2.80. The van der Waals surface area contributed by atoms with Gasteiger partial charge in [0.15, 0.2) is 0 Å². The van der Waals surface area contributed by atoms with Gasteiger partial charge in [-0.15, -0.1) is 0 Å². The van der Waals surface area contributed by atoms with E-state index in [1.54, 1.807) is 30.5 Å². The first-order valence-electron chi connectivity index (χ1n) is 5.93. The number of rotatable bonds is 3. The number of aromatic amines is 1. The van der Waals surface area contributed by atoms with Crippen LogP contribution in [0.1, 0.15) is 40.4 Å². The number of carbonyl (C=O) groups is 1. The molecule has 0 aliphatic carbocycles. The van der Waals surface area contributed by atoms with Crippen LogP contribution in [0.5, 0.6) is 0 Å². The molecule has 19 heavy (non-hydrogen) atoms. The number of nitrogens with zero attached hydrogens (tertiary/aromatic N) is 2. The van der Waals surface area contributed by atoms with Gasteiger partial charge >= 0.3 is 0 Å². The fraction of sp³-hybridized carbons (Fsp3) is 0.214. The highest BCUT2D eigenvalue weighted by molar-refractivity contribution is 5.96. The van der Waals surface area contributed by atoms with Gasteiger partial charge < -0.3 is 10.3 Å². The Bertz CT molecular complexity index is 639. The molecular weight excluding hydrogens is 240 g/mol. The lowest BCUT2D eigenvalue weighted by molar-refractivity contribution is 0.0938. The third-order valence-electron chi connectivity index (χ3n) is 2.77. The van der Waals surface area contributed by atoms with E-state index in [-0.39, 0.29) is 11.9 Å². The van der Waals surface area contributed by atoms with Crippen molar-refractivity contribution in [2.24, 2.45) is 0 Å². The molecule has 5 nitrogen and oxygen atoms in total. The summed E-state index contributed by atoms with van der Waals surface area (Å²) < 4.78 is 0. The Kier molecular flexibility index (Phi) is 3.62. The first kappa shape index (κ1) is 12.8. The number of hydrogen-bond donors (Lipinski definition) is 2. The predicted octanol–water partition coefficient (Wildman–Crippen LogP) is 2.08. The topological polar surface area (TPSA) is 81.6 Å². The van der Waals surface area contributed by atoms with Crippen LogP contribution in [0, 0.1) is 18.3 Å². The number of aromatic nitrogens is 2. The fourth-order valence-electron chi connectivity index (χ4n) is 1.77. The minimum absolute atomic E-state index is 0.243. The Morgan fingerprint density at radius 3 is 2.84 bits per heavy atom. The average Bonchev–Trinajstić information content (AvgIpc) is 2.85. The lowest BCUT2D eigenvalue weighted by Gasteiger charge is -2.12. The molecule has 0 aliphatic heterocycles. The van der Waals surface area contributed by atoms with Crippen LogP contribution in [0.15, 0.2) is 30.5 Å². The fourth-order valence-corrected chi connectivity index (χ4v) is 1.77. The molecule has 2 aromatic rings. The van der Waals surface area contributed by atoms with Crippen molar-refractivity contribution < 1.29 is 4.79 Å². The molecule has 1 atom stereocenters. The summed E-state index contributed by atoms with van der Waals surface area (Å²) in [6.07, 6.45) is 1.71. The molecule has 1 heterocycles. The number of amides is 1. The zero-order chi connectivity index (χ0) is 13.8. The number of H-pyrrole nitrogens is 1. The number of nitrogens with one attached hydrogen (secondary N) is 2. The van der Waals surface area contributed by atoms with Crippen LogP contribution in [0.25, 0.3) is 0 Å². The molecule has 1 amide bonds. The van der Waals surface area contributed by atoms with Gasteiger partial charge in [0.05, 0.1) is 23.2 Å². The summed E-state index contributed by atoms with van der Waals surface area (Å²) in [4.78, 5) is 19.4. The van der Waals surface area contributed by atoms with E-state index in [0.29, 0.717) is 17.0 Å². The van der Waals surface area contributed by atoms with Crippen molar-refractivity contribution in [1.82, 2.24) is 15.3 Å². The highest BCUT2D eigenvalue weighted by Gasteiger charge is 2.15. The molecule has 1 aromatic heterocycles. The minimum atomic E-state index is -0.279. The Morgan fingerprint density at radius 1 is 1.47 bits per heavy atom. The number of benzene rings is 1. The molecule has 2 N–H and O–H groups in total. The Labute approximate surface area is 111 Å². The van der Waals surface area contributed by atoms with Crippen LogP contribution in [0.3, 0.4) is 0 Å². The zero-order valence-corrected chi connectivity index (χ0v) is 10.8. The normalized spacial score (nSPS) is 11.6. The molecule has 0 spiro atoms. The summed E-state index contributed by atoms with van der Waals surface area (Å²) in [6, 6.07) is 8.49. The summed E-state index contributed by atoms with van der Waals surface area (Å²) in [7, 11) is 0. The molecule has 0 bridgehead atoms. The summed E-state index contributed by atoms with van der Waals surface area (Å²) in [5, 5.41) is 11.8. The van der Waals surface area contributed by atoms with Crippen molar-refractivity contribution in [2.45, 2.75) is 19.9 Å². The first-order chi connectivity index (χ1) is 9.11. The van der Waals surface area contributed by atoms with Gasteiger partial charge in [0.1, 0.15) is 5.82 Å². The second-order valence-corrected chi connectivity index (χ2v) is 4.30. The SMILES string of the molecule is Cc1cnc([C@@H](C)NC(=O)c2ccccc2C#N)[nH]1. The highest BCUT2D eigenvalue weighted by Crippen LogP contribution is 2.12. The molecule has 2 rings (SSSR count). The third-order valence-corrected chi connectivity index (χ3v) is 2.77. The van der Waals surface area contributed by atoms with Gasteiger partial charge in [0.2, 0.25) is 0 Å². The smallest absolute Gasteiger partial charge is 0.253 e. The predicted molar refractivity (Wildman–Crippen MR) is 70.4 cm³/mol. The molecule has 0 fully saturated rings. The van der Waals surface area contributed by atoms with Crippen molar-refractivity contribution in [3.05, 3.63) is 53.1 Å². The van der Waals surface area contributed by atoms with Crippen molar-refractivity contribution in [2.75, 3.05) is 0 Å². The lowest BCUT2D eigenvalue weighted by atomic mass is 10.1. The summed E-state index contributed by atoms with van der Waals surface area (Å²) >= 11 is 0. The second-order valence-electron chi connectivity index (χ2n) is 4.30. The van der Waals surface area contributed by atoms with E-state index in [2.05, 4.69) is 15.3 Å². The Morgan fingerprint density at radius 2 is 2.21 bits per heavy atom. The standard InChI is InChI=1S/C14H14N4O/c1-9-8-16-13(17-9)10(2)18-14(19)12-6-4-3-5-11(12)7-15/h3-6,8,10H,1-2H3,(H,16,17)(H,18,19)/t10-/m1/s1. The molecule has 1 aromatic carbocycles. The van der Waals surface area contributed by atoms with Crippen LogP contribution >= 0.6 is 0 Å². The first-order valence-corrected chi connectivity index (χ1v) is 5.93. The maximum Gasteiger partial charge on any atom is 0.253 e. The van der Waals surface area contributed by atoms with Crippen LogP contribution in [0.2, 0.25) is 0 Å². The van der Waals surface area contributed by atoms with Crippen LogP contribution in [0.4, 0.5) is 0 Å². The number of carbonyl (C=O) groups excluding carboxylic acids is 1. The maximum absolute atomic E-state index is 12.1. The monoisotopic (exact) mass is 254 g/mol. The van der Waals surface area contributed by atoms with E-state index >= 15 is 0 Å². The molecule has 0 aliphatic rings. The average molecular weight is 254 g/mol. The highest BCUT2D eigenvalue weighted by atomic mass is 16.1. The molecule has 0 unspecified atom stereocenters. The Balaban J connectivity index is 2.15. The van der Waals surface area contributed by atoms with Gasteiger partial charge in [-0.05, 0) is 26.0 Å². The molecular formula is C14H14N4O. The van der Waals surface area contributed by atoms with Gasteiger partial charge in [-0.2, -0.15) is 5.26 Å². The summed E-state index contributed by atoms with van der Waals surface area (Å²) in [5.74, 6) is 0.416. The number of nitriles is 1. The second kappa shape index (κ2) is 5.36. The van der Waals surface area contributed by atoms with Crippen molar-refractivity contribution in [1.29, 1.82) is 5.26 Å². The molecule has 5 heteroatoms. The summed E-state index contributed by atoms with van der Waals surface area (Å²) in [6.45, 7) is 3.74. The van der Waals surface area contributed by atoms with E-state index in [1.807, 2.05) is 19.9 Å². The van der Waals surface area contributed by atoms with E-state index in [1.165, 1.54) is 0 Å². The number of aryl methyl sites for hydroxylation is 1.